The largest absolute Gasteiger partial charge is 0.135 e. The van der Waals surface area contributed by atoms with Crippen LogP contribution in [0.25, 0.3) is 107 Å². The summed E-state index contributed by atoms with van der Waals surface area (Å²) < 4.78 is 2.68. The van der Waals surface area contributed by atoms with Gasteiger partial charge in [0, 0.05) is 20.2 Å². The molecule has 0 nitrogen and oxygen atoms in total. The number of thiophene rings is 1. The minimum atomic E-state index is 1.25. The van der Waals surface area contributed by atoms with Crippen LogP contribution in [0.3, 0.4) is 0 Å². The van der Waals surface area contributed by atoms with Gasteiger partial charge in [0.15, 0.2) is 0 Å². The highest BCUT2D eigenvalue weighted by Gasteiger charge is 2.19. The lowest BCUT2D eigenvalue weighted by atomic mass is 9.84. The number of rotatable bonds is 2. The van der Waals surface area contributed by atoms with Crippen molar-refractivity contribution in [3.63, 3.8) is 0 Å². The van der Waals surface area contributed by atoms with Crippen molar-refractivity contribution in [3.8, 4) is 22.3 Å². The zero-order valence-electron chi connectivity index (χ0n) is 26.6. The molecule has 0 atom stereocenters. The van der Waals surface area contributed by atoms with Crippen molar-refractivity contribution in [1.29, 1.82) is 0 Å². The molecule has 1 aromatic heterocycles. The van der Waals surface area contributed by atoms with Crippen LogP contribution in [0.4, 0.5) is 0 Å². The molecule has 0 N–H and O–H groups in total. The Balaban J connectivity index is 1.25. The molecule has 0 aliphatic carbocycles. The van der Waals surface area contributed by atoms with E-state index in [9.17, 15) is 0 Å². The Labute approximate surface area is 287 Å². The molecule has 226 valence electrons. The Morgan fingerprint density at radius 1 is 0.265 bits per heavy atom. The fraction of sp³-hybridized carbons (Fsp3) is 0. The van der Waals surface area contributed by atoms with Gasteiger partial charge in [-0.3, -0.25) is 0 Å². The van der Waals surface area contributed by atoms with E-state index in [1.807, 2.05) is 11.3 Å². The molecular formula is C48H28S. The van der Waals surface area contributed by atoms with Crippen LogP contribution in [0.2, 0.25) is 0 Å². The summed E-state index contributed by atoms with van der Waals surface area (Å²) >= 11 is 1.89. The predicted molar refractivity (Wildman–Crippen MR) is 215 cm³/mol. The van der Waals surface area contributed by atoms with E-state index in [1.54, 1.807) is 0 Å². The van der Waals surface area contributed by atoms with Crippen LogP contribution in [-0.4, -0.2) is 0 Å². The van der Waals surface area contributed by atoms with Crippen molar-refractivity contribution in [2.45, 2.75) is 0 Å². The van der Waals surface area contributed by atoms with Crippen LogP contribution in [0.15, 0.2) is 170 Å². The second kappa shape index (κ2) is 10.2. The SMILES string of the molecule is c1ccc2c(-c3c4ccccc4c(-c4ccc5c(c4)c4ccccc4c4cc6c(cc54)sc4ccccc46)c4ccccc34)cccc2c1. The third kappa shape index (κ3) is 3.85. The van der Waals surface area contributed by atoms with E-state index in [1.165, 1.54) is 107 Å². The third-order valence-electron chi connectivity index (χ3n) is 10.6. The Kier molecular flexibility index (Phi) is 5.64. The zero-order chi connectivity index (χ0) is 32.1. The van der Waals surface area contributed by atoms with Crippen LogP contribution in [0.1, 0.15) is 0 Å². The number of fused-ring (bicyclic) bond motifs is 12. The maximum absolute atomic E-state index is 2.46. The molecule has 0 saturated carbocycles. The highest BCUT2D eigenvalue weighted by Crippen LogP contribution is 2.47. The van der Waals surface area contributed by atoms with Crippen LogP contribution >= 0.6 is 11.3 Å². The summed E-state index contributed by atoms with van der Waals surface area (Å²) in [4.78, 5) is 0. The lowest BCUT2D eigenvalue weighted by molar-refractivity contribution is 1.69. The molecule has 0 radical (unpaired) electrons. The number of hydrogen-bond donors (Lipinski definition) is 0. The highest BCUT2D eigenvalue weighted by molar-refractivity contribution is 7.25. The van der Waals surface area contributed by atoms with Gasteiger partial charge in [0.05, 0.1) is 0 Å². The van der Waals surface area contributed by atoms with Crippen molar-refractivity contribution < 1.29 is 0 Å². The summed E-state index contributed by atoms with van der Waals surface area (Å²) in [5.74, 6) is 0. The molecule has 0 saturated heterocycles. The molecule has 0 unspecified atom stereocenters. The van der Waals surface area contributed by atoms with Gasteiger partial charge in [-0.25, -0.2) is 0 Å². The number of hydrogen-bond acceptors (Lipinski definition) is 1. The highest BCUT2D eigenvalue weighted by atomic mass is 32.1. The van der Waals surface area contributed by atoms with Gasteiger partial charge in [-0.2, -0.15) is 0 Å². The Bertz CT molecular complexity index is 3100. The van der Waals surface area contributed by atoms with Gasteiger partial charge in [0.2, 0.25) is 0 Å². The van der Waals surface area contributed by atoms with E-state index < -0.39 is 0 Å². The standard InChI is InChI=1S/C48H28S/c1-2-14-31-29(12-1)13-11-22-36(31)48-39-20-7-5-18-37(39)47(38-19-6-8-21-40(38)48)30-24-25-34-41(26-30)32-15-3-4-16-33(32)42-27-44-35-17-9-10-23-45(35)49-46(44)28-43(34)42/h1-28H. The van der Waals surface area contributed by atoms with Crippen LogP contribution in [-0.2, 0) is 0 Å². The topological polar surface area (TPSA) is 0 Å². The van der Waals surface area contributed by atoms with Gasteiger partial charge in [0.1, 0.15) is 0 Å². The van der Waals surface area contributed by atoms with Crippen LogP contribution < -0.4 is 0 Å². The van der Waals surface area contributed by atoms with Crippen molar-refractivity contribution in [3.05, 3.63) is 170 Å². The maximum atomic E-state index is 2.46. The summed E-state index contributed by atoms with van der Waals surface area (Å²) in [5.41, 5.74) is 5.12. The first-order valence-corrected chi connectivity index (χ1v) is 17.7. The smallest absolute Gasteiger partial charge is 0.0362 e. The summed E-state index contributed by atoms with van der Waals surface area (Å²) in [7, 11) is 0. The molecule has 0 aliphatic heterocycles. The van der Waals surface area contributed by atoms with Crippen LogP contribution in [0, 0.1) is 0 Å². The molecular weight excluding hydrogens is 609 g/mol. The average Bonchev–Trinajstić information content (AvgIpc) is 3.53. The normalized spacial score (nSPS) is 12.1. The molecule has 1 heterocycles. The second-order valence-corrected chi connectivity index (χ2v) is 14.2. The van der Waals surface area contributed by atoms with E-state index in [2.05, 4.69) is 170 Å². The second-order valence-electron chi connectivity index (χ2n) is 13.2. The van der Waals surface area contributed by atoms with Gasteiger partial charge < -0.3 is 0 Å². The third-order valence-corrected chi connectivity index (χ3v) is 11.7. The van der Waals surface area contributed by atoms with E-state index in [0.29, 0.717) is 0 Å². The Morgan fingerprint density at radius 2 is 0.776 bits per heavy atom. The van der Waals surface area contributed by atoms with Crippen LogP contribution in [0.5, 0.6) is 0 Å². The van der Waals surface area contributed by atoms with Crippen molar-refractivity contribution in [2.24, 2.45) is 0 Å². The summed E-state index contributed by atoms with van der Waals surface area (Å²) in [5, 5.41) is 18.2. The molecule has 11 rings (SSSR count). The van der Waals surface area contributed by atoms with Gasteiger partial charge in [-0.15, -0.1) is 11.3 Å². The van der Waals surface area contributed by atoms with Crippen molar-refractivity contribution in [2.75, 3.05) is 0 Å². The lowest BCUT2D eigenvalue weighted by Gasteiger charge is -2.19. The lowest BCUT2D eigenvalue weighted by Crippen LogP contribution is -1.92. The summed E-state index contributed by atoms with van der Waals surface area (Å²) in [6.45, 7) is 0. The molecule has 0 spiro atoms. The number of benzene rings is 10. The average molecular weight is 637 g/mol. The molecule has 0 amide bonds. The zero-order valence-corrected chi connectivity index (χ0v) is 27.4. The summed E-state index contributed by atoms with van der Waals surface area (Å²) in [6.07, 6.45) is 0. The minimum Gasteiger partial charge on any atom is -0.135 e. The first-order valence-electron chi connectivity index (χ1n) is 16.9. The quantitative estimate of drug-likeness (QED) is 0.131. The molecule has 49 heavy (non-hydrogen) atoms. The fourth-order valence-electron chi connectivity index (χ4n) is 8.50. The van der Waals surface area contributed by atoms with Gasteiger partial charge in [-0.05, 0) is 111 Å². The summed E-state index contributed by atoms with van der Waals surface area (Å²) in [6, 6.07) is 63.3. The van der Waals surface area contributed by atoms with E-state index >= 15 is 0 Å². The van der Waals surface area contributed by atoms with Gasteiger partial charge >= 0.3 is 0 Å². The van der Waals surface area contributed by atoms with Crippen molar-refractivity contribution >= 4 is 96.1 Å². The predicted octanol–water partition coefficient (Wildman–Crippen LogP) is 14.3. The fourth-order valence-corrected chi connectivity index (χ4v) is 9.63. The first kappa shape index (κ1) is 27.0. The molecule has 1 heteroatoms. The molecule has 0 bridgehead atoms. The monoisotopic (exact) mass is 636 g/mol. The molecule has 11 aromatic rings. The van der Waals surface area contributed by atoms with E-state index in [0.717, 1.165) is 0 Å². The Hall–Kier alpha value is -6.02. The Morgan fingerprint density at radius 3 is 1.49 bits per heavy atom. The first-order chi connectivity index (χ1) is 24.3. The maximum Gasteiger partial charge on any atom is 0.0362 e. The van der Waals surface area contributed by atoms with E-state index in [-0.39, 0.29) is 0 Å². The van der Waals surface area contributed by atoms with Crippen molar-refractivity contribution in [1.82, 2.24) is 0 Å². The molecule has 0 aliphatic rings. The van der Waals surface area contributed by atoms with E-state index in [4.69, 9.17) is 0 Å². The van der Waals surface area contributed by atoms with Gasteiger partial charge in [-0.1, -0.05) is 146 Å². The molecule has 0 fully saturated rings. The minimum absolute atomic E-state index is 1.25. The van der Waals surface area contributed by atoms with Gasteiger partial charge in [0.25, 0.3) is 0 Å². The molecule has 10 aromatic carbocycles.